The molecule has 1 heterocycles. The molecule has 0 spiro atoms. The molecule has 1 aromatic heterocycles. The highest BCUT2D eigenvalue weighted by molar-refractivity contribution is 5.71. The van der Waals surface area contributed by atoms with E-state index in [1.807, 2.05) is 13.8 Å². The number of hydrogen-bond donors (Lipinski definition) is 2. The van der Waals surface area contributed by atoms with Gasteiger partial charge < -0.3 is 10.8 Å². The zero-order valence-corrected chi connectivity index (χ0v) is 8.21. The molecule has 1 atom stereocenters. The molecule has 1 aromatic rings. The molecule has 0 bridgehead atoms. The van der Waals surface area contributed by atoms with Gasteiger partial charge in [0.2, 0.25) is 0 Å². The van der Waals surface area contributed by atoms with E-state index in [2.05, 4.69) is 10.3 Å². The molecule has 3 N–H and O–H groups in total. The summed E-state index contributed by atoms with van der Waals surface area (Å²) in [5, 5.41) is 16.2. The molecule has 0 radical (unpaired) electrons. The van der Waals surface area contributed by atoms with Crippen molar-refractivity contribution >= 4 is 11.8 Å². The van der Waals surface area contributed by atoms with Gasteiger partial charge in [-0.15, -0.1) is 5.10 Å². The van der Waals surface area contributed by atoms with E-state index < -0.39 is 12.0 Å². The molecule has 14 heavy (non-hydrogen) atoms. The van der Waals surface area contributed by atoms with E-state index in [-0.39, 0.29) is 11.7 Å². The first kappa shape index (κ1) is 10.5. The van der Waals surface area contributed by atoms with Gasteiger partial charge in [0.15, 0.2) is 11.9 Å². The molecule has 0 aliphatic heterocycles. The van der Waals surface area contributed by atoms with Gasteiger partial charge in [-0.25, -0.2) is 9.48 Å². The van der Waals surface area contributed by atoms with Gasteiger partial charge in [0.1, 0.15) is 0 Å². The quantitative estimate of drug-likeness (QED) is 0.736. The Bertz CT molecular complexity index is 321. The third-order valence-corrected chi connectivity index (χ3v) is 1.83. The number of carboxylic acid groups (broad SMARTS) is 1. The molecule has 6 nitrogen and oxygen atoms in total. The summed E-state index contributed by atoms with van der Waals surface area (Å²) in [5.74, 6) is -0.398. The number of anilines is 1. The van der Waals surface area contributed by atoms with Crippen LogP contribution in [0.25, 0.3) is 0 Å². The molecule has 6 heteroatoms. The molecule has 78 valence electrons. The summed E-state index contributed by atoms with van der Waals surface area (Å²) in [7, 11) is 0. The Morgan fingerprint density at radius 3 is 2.71 bits per heavy atom. The van der Waals surface area contributed by atoms with E-state index in [0.29, 0.717) is 6.42 Å². The molecule has 1 unspecified atom stereocenters. The number of carboxylic acids is 1. The van der Waals surface area contributed by atoms with Crippen molar-refractivity contribution in [2.24, 2.45) is 5.92 Å². The first-order valence-corrected chi connectivity index (χ1v) is 4.40. The second-order valence-electron chi connectivity index (χ2n) is 3.61. The van der Waals surface area contributed by atoms with Crippen molar-refractivity contribution in [3.63, 3.8) is 0 Å². The normalized spacial score (nSPS) is 13.1. The van der Waals surface area contributed by atoms with Gasteiger partial charge in [0.05, 0.1) is 6.20 Å². The van der Waals surface area contributed by atoms with E-state index in [1.165, 1.54) is 10.9 Å². The predicted octanol–water partition coefficient (Wildman–Crippen LogP) is 0.532. The highest BCUT2D eigenvalue weighted by atomic mass is 16.4. The smallest absolute Gasteiger partial charge is 0.328 e. The first-order chi connectivity index (χ1) is 6.50. The molecular weight excluding hydrogens is 184 g/mol. The lowest BCUT2D eigenvalue weighted by atomic mass is 10.0. The average Bonchev–Trinajstić information content (AvgIpc) is 2.46. The van der Waals surface area contributed by atoms with Gasteiger partial charge >= 0.3 is 5.97 Å². The Labute approximate surface area is 81.7 Å². The lowest BCUT2D eigenvalue weighted by Gasteiger charge is -2.13. The zero-order chi connectivity index (χ0) is 10.7. The van der Waals surface area contributed by atoms with Crippen molar-refractivity contribution in [3.05, 3.63) is 6.20 Å². The molecular formula is C8H14N4O2. The monoisotopic (exact) mass is 198 g/mol. The fourth-order valence-electron chi connectivity index (χ4n) is 1.21. The van der Waals surface area contributed by atoms with Gasteiger partial charge in [0, 0.05) is 0 Å². The third kappa shape index (κ3) is 2.45. The van der Waals surface area contributed by atoms with E-state index in [4.69, 9.17) is 10.8 Å². The van der Waals surface area contributed by atoms with Crippen LogP contribution in [0.4, 0.5) is 5.82 Å². The van der Waals surface area contributed by atoms with Gasteiger partial charge in [-0.1, -0.05) is 19.1 Å². The number of aliphatic carboxylic acids is 1. The van der Waals surface area contributed by atoms with Crippen LogP contribution in [-0.2, 0) is 4.79 Å². The van der Waals surface area contributed by atoms with Crippen molar-refractivity contribution in [3.8, 4) is 0 Å². The average molecular weight is 198 g/mol. The summed E-state index contributed by atoms with van der Waals surface area (Å²) in [5.41, 5.74) is 5.36. The largest absolute Gasteiger partial charge is 0.480 e. The molecule has 0 aliphatic rings. The van der Waals surface area contributed by atoms with E-state index >= 15 is 0 Å². The van der Waals surface area contributed by atoms with Crippen LogP contribution in [0.3, 0.4) is 0 Å². The maximum atomic E-state index is 10.9. The van der Waals surface area contributed by atoms with Crippen LogP contribution < -0.4 is 5.73 Å². The van der Waals surface area contributed by atoms with Crippen molar-refractivity contribution in [2.75, 3.05) is 5.73 Å². The third-order valence-electron chi connectivity index (χ3n) is 1.83. The van der Waals surface area contributed by atoms with Crippen molar-refractivity contribution < 1.29 is 9.90 Å². The Balaban J connectivity index is 2.83. The number of nitrogens with zero attached hydrogens (tertiary/aromatic N) is 3. The van der Waals surface area contributed by atoms with Crippen LogP contribution in [0.5, 0.6) is 0 Å². The van der Waals surface area contributed by atoms with E-state index in [9.17, 15) is 4.79 Å². The molecule has 0 saturated carbocycles. The molecule has 0 saturated heterocycles. The summed E-state index contributed by atoms with van der Waals surface area (Å²) < 4.78 is 1.29. The molecule has 0 amide bonds. The molecule has 1 rings (SSSR count). The molecule has 0 fully saturated rings. The Hall–Kier alpha value is -1.59. The van der Waals surface area contributed by atoms with Gasteiger partial charge in [-0.3, -0.25) is 0 Å². The topological polar surface area (TPSA) is 94.0 Å². The van der Waals surface area contributed by atoms with Crippen LogP contribution in [0.1, 0.15) is 26.3 Å². The maximum absolute atomic E-state index is 10.9. The first-order valence-electron chi connectivity index (χ1n) is 4.40. The maximum Gasteiger partial charge on any atom is 0.328 e. The Kier molecular flexibility index (Phi) is 3.06. The zero-order valence-electron chi connectivity index (χ0n) is 8.21. The minimum atomic E-state index is -0.913. The van der Waals surface area contributed by atoms with Gasteiger partial charge in [-0.05, 0) is 12.3 Å². The summed E-state index contributed by atoms with van der Waals surface area (Å²) in [6.45, 7) is 3.91. The number of aromatic nitrogens is 3. The lowest BCUT2D eigenvalue weighted by molar-refractivity contribution is -0.141. The molecule has 0 aromatic carbocycles. The fourth-order valence-corrected chi connectivity index (χ4v) is 1.21. The minimum absolute atomic E-state index is 0.236. The van der Waals surface area contributed by atoms with E-state index in [0.717, 1.165) is 0 Å². The van der Waals surface area contributed by atoms with Crippen LogP contribution in [0, 0.1) is 5.92 Å². The highest BCUT2D eigenvalue weighted by Crippen LogP contribution is 2.17. The second kappa shape index (κ2) is 4.08. The van der Waals surface area contributed by atoms with Crippen molar-refractivity contribution in [2.45, 2.75) is 26.3 Å². The summed E-state index contributed by atoms with van der Waals surface area (Å²) in [4.78, 5) is 10.9. The second-order valence-corrected chi connectivity index (χ2v) is 3.61. The van der Waals surface area contributed by atoms with Crippen molar-refractivity contribution in [1.82, 2.24) is 15.0 Å². The Morgan fingerprint density at radius 1 is 1.71 bits per heavy atom. The van der Waals surface area contributed by atoms with Crippen LogP contribution in [0.15, 0.2) is 6.20 Å². The molecule has 0 aliphatic carbocycles. The minimum Gasteiger partial charge on any atom is -0.480 e. The van der Waals surface area contributed by atoms with Crippen LogP contribution >= 0.6 is 0 Å². The number of carbonyl (C=O) groups is 1. The number of rotatable bonds is 4. The number of nitrogens with two attached hydrogens (primary N) is 1. The van der Waals surface area contributed by atoms with Crippen LogP contribution in [0.2, 0.25) is 0 Å². The number of nitrogen functional groups attached to an aromatic ring is 1. The lowest BCUT2D eigenvalue weighted by Crippen LogP contribution is -2.21. The summed E-state index contributed by atoms with van der Waals surface area (Å²) >= 11 is 0. The standard InChI is InChI=1S/C8H14N4O2/c1-5(2)3-6(8(13)14)12-4-7(9)10-11-12/h4-6H,3,9H2,1-2H3,(H,13,14). The van der Waals surface area contributed by atoms with Crippen LogP contribution in [-0.4, -0.2) is 26.1 Å². The number of hydrogen-bond acceptors (Lipinski definition) is 4. The Morgan fingerprint density at radius 2 is 2.36 bits per heavy atom. The van der Waals surface area contributed by atoms with Crippen molar-refractivity contribution in [1.29, 1.82) is 0 Å². The predicted molar refractivity (Wildman–Crippen MR) is 50.6 cm³/mol. The summed E-state index contributed by atoms with van der Waals surface area (Å²) in [6.07, 6.45) is 1.94. The highest BCUT2D eigenvalue weighted by Gasteiger charge is 2.21. The van der Waals surface area contributed by atoms with Gasteiger partial charge in [0.25, 0.3) is 0 Å². The fraction of sp³-hybridized carbons (Fsp3) is 0.625. The van der Waals surface area contributed by atoms with E-state index in [1.54, 1.807) is 0 Å². The van der Waals surface area contributed by atoms with Gasteiger partial charge in [-0.2, -0.15) is 0 Å². The SMILES string of the molecule is CC(C)CC(C(=O)O)n1cc(N)nn1. The summed E-state index contributed by atoms with van der Waals surface area (Å²) in [6, 6.07) is -0.681.